The van der Waals surface area contributed by atoms with Gasteiger partial charge in [-0.15, -0.1) is 0 Å². The molecule has 3 rings (SSSR count). The van der Waals surface area contributed by atoms with Crippen molar-refractivity contribution in [1.29, 1.82) is 0 Å². The van der Waals surface area contributed by atoms with E-state index in [2.05, 4.69) is 58.0 Å². The van der Waals surface area contributed by atoms with Gasteiger partial charge in [-0.2, -0.15) is 0 Å². The van der Waals surface area contributed by atoms with E-state index in [1.807, 2.05) is 0 Å². The average Bonchev–Trinajstić information content (AvgIpc) is 2.50. The van der Waals surface area contributed by atoms with Crippen molar-refractivity contribution >= 4 is 11.5 Å². The molecule has 0 unspecified atom stereocenters. The number of nitrogen functional groups attached to an aromatic ring is 1. The van der Waals surface area contributed by atoms with Crippen LogP contribution in [-0.4, -0.2) is 48.1 Å². The van der Waals surface area contributed by atoms with E-state index in [1.165, 1.54) is 5.56 Å². The van der Waals surface area contributed by atoms with Crippen LogP contribution in [-0.2, 0) is 0 Å². The zero-order valence-corrected chi connectivity index (χ0v) is 12.6. The Bertz CT molecular complexity index is 615. The molecule has 1 fully saturated rings. The van der Waals surface area contributed by atoms with Gasteiger partial charge in [0.05, 0.1) is 5.69 Å². The standard InChI is InChI=1S/C16H21N5/c1-12-3-5-13(6-4-12)15-14(17)16(19-11-18-15)21-9-7-20(2)8-10-21/h3-6,11H,7-10,17H2,1-2H3. The lowest BCUT2D eigenvalue weighted by Crippen LogP contribution is -2.45. The molecule has 0 atom stereocenters. The number of anilines is 2. The third-order valence-electron chi connectivity index (χ3n) is 3.99. The van der Waals surface area contributed by atoms with Crippen molar-refractivity contribution in [1.82, 2.24) is 14.9 Å². The van der Waals surface area contributed by atoms with Crippen LogP contribution in [0.15, 0.2) is 30.6 Å². The first-order chi connectivity index (χ1) is 10.1. The highest BCUT2D eigenvalue weighted by Gasteiger charge is 2.19. The zero-order valence-electron chi connectivity index (χ0n) is 12.6. The molecule has 1 aliphatic rings. The van der Waals surface area contributed by atoms with E-state index in [0.29, 0.717) is 5.69 Å². The van der Waals surface area contributed by atoms with Gasteiger partial charge in [0, 0.05) is 31.7 Å². The minimum atomic E-state index is 0.672. The average molecular weight is 283 g/mol. The van der Waals surface area contributed by atoms with Crippen LogP contribution in [0.5, 0.6) is 0 Å². The lowest BCUT2D eigenvalue weighted by atomic mass is 10.1. The Kier molecular flexibility index (Phi) is 3.75. The number of rotatable bonds is 2. The maximum atomic E-state index is 6.34. The fraction of sp³-hybridized carbons (Fsp3) is 0.375. The smallest absolute Gasteiger partial charge is 0.155 e. The molecule has 1 saturated heterocycles. The van der Waals surface area contributed by atoms with Crippen LogP contribution in [0.4, 0.5) is 11.5 Å². The Morgan fingerprint density at radius 2 is 1.67 bits per heavy atom. The van der Waals surface area contributed by atoms with Crippen molar-refractivity contribution in [3.63, 3.8) is 0 Å². The van der Waals surface area contributed by atoms with Crippen molar-refractivity contribution in [2.45, 2.75) is 6.92 Å². The number of piperazine rings is 1. The molecule has 5 heteroatoms. The Labute approximate surface area is 125 Å². The Morgan fingerprint density at radius 1 is 1.00 bits per heavy atom. The summed E-state index contributed by atoms with van der Waals surface area (Å²) >= 11 is 0. The van der Waals surface area contributed by atoms with Gasteiger partial charge in [0.15, 0.2) is 5.82 Å². The summed E-state index contributed by atoms with van der Waals surface area (Å²) in [4.78, 5) is 13.3. The summed E-state index contributed by atoms with van der Waals surface area (Å²) in [6.45, 7) is 6.03. The molecule has 21 heavy (non-hydrogen) atoms. The first-order valence-electron chi connectivity index (χ1n) is 7.26. The highest BCUT2D eigenvalue weighted by molar-refractivity contribution is 5.80. The van der Waals surface area contributed by atoms with Gasteiger partial charge in [0.25, 0.3) is 0 Å². The molecule has 2 aromatic rings. The quantitative estimate of drug-likeness (QED) is 0.910. The van der Waals surface area contributed by atoms with Crippen molar-refractivity contribution in [2.24, 2.45) is 0 Å². The van der Waals surface area contributed by atoms with Crippen molar-refractivity contribution in [3.8, 4) is 11.3 Å². The summed E-state index contributed by atoms with van der Waals surface area (Å²) in [6, 6.07) is 8.27. The minimum Gasteiger partial charge on any atom is -0.394 e. The summed E-state index contributed by atoms with van der Waals surface area (Å²) in [5.74, 6) is 0.855. The summed E-state index contributed by atoms with van der Waals surface area (Å²) in [5.41, 5.74) is 10.1. The van der Waals surface area contributed by atoms with Gasteiger partial charge in [0.2, 0.25) is 0 Å². The van der Waals surface area contributed by atoms with E-state index in [4.69, 9.17) is 5.73 Å². The molecule has 2 heterocycles. The highest BCUT2D eigenvalue weighted by atomic mass is 15.3. The summed E-state index contributed by atoms with van der Waals surface area (Å²) in [7, 11) is 2.14. The van der Waals surface area contributed by atoms with E-state index in [1.54, 1.807) is 6.33 Å². The molecule has 1 aromatic carbocycles. The fourth-order valence-corrected chi connectivity index (χ4v) is 2.60. The molecule has 5 nitrogen and oxygen atoms in total. The van der Waals surface area contributed by atoms with Crippen LogP contribution < -0.4 is 10.6 Å². The molecule has 0 bridgehead atoms. The van der Waals surface area contributed by atoms with Gasteiger partial charge in [-0.1, -0.05) is 29.8 Å². The number of hydrogen-bond donors (Lipinski definition) is 1. The lowest BCUT2D eigenvalue weighted by molar-refractivity contribution is 0.312. The summed E-state index contributed by atoms with van der Waals surface area (Å²) < 4.78 is 0. The van der Waals surface area contributed by atoms with Crippen LogP contribution in [0.1, 0.15) is 5.56 Å². The zero-order chi connectivity index (χ0) is 14.8. The second-order valence-corrected chi connectivity index (χ2v) is 5.62. The largest absolute Gasteiger partial charge is 0.394 e. The molecule has 0 radical (unpaired) electrons. The maximum Gasteiger partial charge on any atom is 0.155 e. The van der Waals surface area contributed by atoms with Gasteiger partial charge in [-0.05, 0) is 14.0 Å². The van der Waals surface area contributed by atoms with E-state index >= 15 is 0 Å². The van der Waals surface area contributed by atoms with Crippen LogP contribution >= 0.6 is 0 Å². The van der Waals surface area contributed by atoms with Gasteiger partial charge in [-0.25, -0.2) is 9.97 Å². The number of nitrogens with two attached hydrogens (primary N) is 1. The van der Waals surface area contributed by atoms with Crippen molar-refractivity contribution in [2.75, 3.05) is 43.9 Å². The normalized spacial score (nSPS) is 16.2. The summed E-state index contributed by atoms with van der Waals surface area (Å²) in [6.07, 6.45) is 1.61. The minimum absolute atomic E-state index is 0.672. The molecule has 0 spiro atoms. The van der Waals surface area contributed by atoms with Gasteiger partial charge < -0.3 is 15.5 Å². The monoisotopic (exact) mass is 283 g/mol. The SMILES string of the molecule is Cc1ccc(-c2ncnc(N3CCN(C)CC3)c2N)cc1. The van der Waals surface area contributed by atoms with E-state index in [9.17, 15) is 0 Å². The first kappa shape index (κ1) is 13.8. The number of hydrogen-bond acceptors (Lipinski definition) is 5. The van der Waals surface area contributed by atoms with Crippen LogP contribution in [0, 0.1) is 6.92 Å². The maximum absolute atomic E-state index is 6.34. The second kappa shape index (κ2) is 5.69. The Hall–Kier alpha value is -2.14. The van der Waals surface area contributed by atoms with Crippen molar-refractivity contribution in [3.05, 3.63) is 36.2 Å². The molecule has 1 aromatic heterocycles. The van der Waals surface area contributed by atoms with Crippen LogP contribution in [0.2, 0.25) is 0 Å². The third kappa shape index (κ3) is 2.83. The number of likely N-dealkylation sites (N-methyl/N-ethyl adjacent to an activating group) is 1. The van der Waals surface area contributed by atoms with Gasteiger partial charge in [-0.3, -0.25) is 0 Å². The van der Waals surface area contributed by atoms with E-state index in [0.717, 1.165) is 43.3 Å². The van der Waals surface area contributed by atoms with Gasteiger partial charge in [0.1, 0.15) is 12.0 Å². The fourth-order valence-electron chi connectivity index (χ4n) is 2.60. The van der Waals surface area contributed by atoms with Crippen LogP contribution in [0.3, 0.4) is 0 Å². The molecular formula is C16H21N5. The number of nitrogens with zero attached hydrogens (tertiary/aromatic N) is 4. The second-order valence-electron chi connectivity index (χ2n) is 5.62. The molecule has 1 aliphatic heterocycles. The predicted molar refractivity (Wildman–Crippen MR) is 86.3 cm³/mol. The number of benzene rings is 1. The van der Waals surface area contributed by atoms with Gasteiger partial charge >= 0.3 is 0 Å². The molecule has 0 aliphatic carbocycles. The molecule has 110 valence electrons. The first-order valence-corrected chi connectivity index (χ1v) is 7.26. The summed E-state index contributed by atoms with van der Waals surface area (Å²) in [5, 5.41) is 0. The number of aromatic nitrogens is 2. The molecular weight excluding hydrogens is 262 g/mol. The highest BCUT2D eigenvalue weighted by Crippen LogP contribution is 2.30. The topological polar surface area (TPSA) is 58.3 Å². The predicted octanol–water partition coefficient (Wildman–Crippen LogP) is 1.79. The van der Waals surface area contributed by atoms with Crippen LogP contribution in [0.25, 0.3) is 11.3 Å². The van der Waals surface area contributed by atoms with Crippen molar-refractivity contribution < 1.29 is 0 Å². The third-order valence-corrected chi connectivity index (χ3v) is 3.99. The molecule has 0 saturated carbocycles. The molecule has 2 N–H and O–H groups in total. The Morgan fingerprint density at radius 3 is 2.33 bits per heavy atom. The number of aryl methyl sites for hydroxylation is 1. The Balaban J connectivity index is 1.93. The molecule has 0 amide bonds. The van der Waals surface area contributed by atoms with E-state index < -0.39 is 0 Å². The van der Waals surface area contributed by atoms with E-state index in [-0.39, 0.29) is 0 Å². The lowest BCUT2D eigenvalue weighted by Gasteiger charge is -2.33.